The second-order valence-corrected chi connectivity index (χ2v) is 6.19. The Morgan fingerprint density at radius 1 is 1.09 bits per heavy atom. The van der Waals surface area contributed by atoms with Gasteiger partial charge < -0.3 is 15.2 Å². The molecule has 2 aliphatic rings. The lowest BCUT2D eigenvalue weighted by atomic mass is 9.93. The summed E-state index contributed by atoms with van der Waals surface area (Å²) in [4.78, 5) is 4.32. The largest absolute Gasteiger partial charge is 0.386 e. The van der Waals surface area contributed by atoms with E-state index in [1.807, 2.05) is 13.8 Å². The van der Waals surface area contributed by atoms with Crippen molar-refractivity contribution < 1.29 is 9.47 Å². The first kappa shape index (κ1) is 17.7. The minimum Gasteiger partial charge on any atom is -0.386 e. The molecule has 0 bridgehead atoms. The van der Waals surface area contributed by atoms with Gasteiger partial charge in [0.15, 0.2) is 5.41 Å². The minimum absolute atomic E-state index is 0.183. The van der Waals surface area contributed by atoms with Gasteiger partial charge in [0.1, 0.15) is 11.3 Å². The maximum atomic E-state index is 9.95. The zero-order valence-electron chi connectivity index (χ0n) is 14.3. The van der Waals surface area contributed by atoms with E-state index in [0.717, 1.165) is 32.1 Å². The Morgan fingerprint density at radius 3 is 2.22 bits per heavy atom. The van der Waals surface area contributed by atoms with Crippen LogP contribution in [0.1, 0.15) is 52.9 Å². The van der Waals surface area contributed by atoms with E-state index in [1.165, 1.54) is 0 Å². The zero-order chi connectivity index (χ0) is 17.1. The van der Waals surface area contributed by atoms with Gasteiger partial charge in [-0.2, -0.15) is 10.5 Å². The van der Waals surface area contributed by atoms with Crippen molar-refractivity contribution in [2.75, 3.05) is 13.2 Å². The fraction of sp³-hybridized carbons (Fsp3) is 0.824. The molecule has 1 aliphatic heterocycles. The molecule has 0 aromatic rings. The summed E-state index contributed by atoms with van der Waals surface area (Å²) in [6.45, 7) is 6.47. The molecule has 126 valence electrons. The van der Waals surface area contributed by atoms with Crippen LogP contribution >= 0.6 is 0 Å². The lowest BCUT2D eigenvalue weighted by Crippen LogP contribution is -2.43. The van der Waals surface area contributed by atoms with E-state index in [0.29, 0.717) is 13.2 Å². The van der Waals surface area contributed by atoms with Gasteiger partial charge in [0, 0.05) is 19.1 Å². The first-order valence-corrected chi connectivity index (χ1v) is 8.53. The normalized spacial score (nSPS) is 33.4. The van der Waals surface area contributed by atoms with Crippen molar-refractivity contribution in [2.45, 2.75) is 58.8 Å². The van der Waals surface area contributed by atoms with Crippen LogP contribution in [0, 0.1) is 39.4 Å². The molecule has 2 N–H and O–H groups in total. The Morgan fingerprint density at radius 2 is 1.74 bits per heavy atom. The second-order valence-electron chi connectivity index (χ2n) is 6.19. The van der Waals surface area contributed by atoms with E-state index in [4.69, 9.17) is 15.2 Å². The molecule has 1 aliphatic carbocycles. The van der Waals surface area contributed by atoms with E-state index in [2.05, 4.69) is 24.1 Å². The summed E-state index contributed by atoms with van der Waals surface area (Å²) in [6, 6.07) is 4.60. The Balaban J connectivity index is 2.35. The van der Waals surface area contributed by atoms with Gasteiger partial charge in [-0.15, -0.1) is 0 Å². The molecule has 0 aromatic carbocycles. The Kier molecular flexibility index (Phi) is 4.98. The number of unbranched alkanes of at least 4 members (excludes halogenated alkanes) is 3. The quantitative estimate of drug-likeness (QED) is 0.520. The molecule has 0 radical (unpaired) electrons. The highest BCUT2D eigenvalue weighted by Gasteiger charge is 2.92. The molecule has 3 atom stereocenters. The van der Waals surface area contributed by atoms with Gasteiger partial charge in [0.25, 0.3) is 5.91 Å². The first-order chi connectivity index (χ1) is 11.1. The number of amidine groups is 1. The molecule has 6 nitrogen and oxygen atoms in total. The maximum absolute atomic E-state index is 9.95. The lowest BCUT2D eigenvalue weighted by Gasteiger charge is -2.31. The molecular formula is C17H26N4O2. The van der Waals surface area contributed by atoms with Gasteiger partial charge >= 0.3 is 0 Å². The fourth-order valence-electron chi connectivity index (χ4n) is 4.13. The maximum Gasteiger partial charge on any atom is 0.293 e. The van der Waals surface area contributed by atoms with Gasteiger partial charge in [-0.25, -0.2) is 4.99 Å². The van der Waals surface area contributed by atoms with Crippen molar-refractivity contribution in [1.82, 2.24) is 0 Å². The van der Waals surface area contributed by atoms with Crippen LogP contribution in [0.5, 0.6) is 0 Å². The predicted molar refractivity (Wildman–Crippen MR) is 85.9 cm³/mol. The van der Waals surface area contributed by atoms with Gasteiger partial charge in [0.05, 0.1) is 12.1 Å². The third kappa shape index (κ3) is 2.09. The number of aliphatic imine (C=N–C) groups is 1. The average molecular weight is 318 g/mol. The van der Waals surface area contributed by atoms with Gasteiger partial charge in [0.2, 0.25) is 0 Å². The number of hydrogen-bond donors (Lipinski definition) is 1. The molecule has 0 spiro atoms. The smallest absolute Gasteiger partial charge is 0.293 e. The van der Waals surface area contributed by atoms with E-state index in [-0.39, 0.29) is 11.8 Å². The van der Waals surface area contributed by atoms with Crippen molar-refractivity contribution >= 4 is 5.84 Å². The molecule has 1 heterocycles. The molecule has 0 aromatic heterocycles. The molecule has 0 amide bonds. The third-order valence-electron chi connectivity index (χ3n) is 5.13. The third-order valence-corrected chi connectivity index (χ3v) is 5.13. The average Bonchev–Trinajstić information content (AvgIpc) is 3.08. The fourth-order valence-corrected chi connectivity index (χ4v) is 4.13. The molecular weight excluding hydrogens is 292 g/mol. The number of nitriles is 2. The number of nitrogens with two attached hydrogens (primary N) is 1. The standard InChI is InChI=1S/C17H26N4O2/c1-4-7-8-9-10-13-15(11-18)14(20)21-17(22-5-2,23-6-3)16(13,15)12-19/h13H,4-10H2,1-3H3,(H2,20,21)/t13-,15+,16+/m0/s1. The van der Waals surface area contributed by atoms with Crippen molar-refractivity contribution in [3.8, 4) is 12.1 Å². The van der Waals surface area contributed by atoms with Crippen LogP contribution in [0.3, 0.4) is 0 Å². The summed E-state index contributed by atoms with van der Waals surface area (Å²) in [5.74, 6) is -1.44. The number of hydrogen-bond acceptors (Lipinski definition) is 6. The Labute approximate surface area is 138 Å². The molecule has 2 rings (SSSR count). The summed E-state index contributed by atoms with van der Waals surface area (Å²) in [5, 5.41) is 19.8. The van der Waals surface area contributed by atoms with Crippen molar-refractivity contribution in [3.63, 3.8) is 0 Å². The van der Waals surface area contributed by atoms with E-state index in [1.54, 1.807) is 0 Å². The molecule has 1 saturated carbocycles. The number of fused-ring (bicyclic) bond motifs is 1. The molecule has 0 saturated heterocycles. The van der Waals surface area contributed by atoms with Crippen LogP contribution < -0.4 is 5.73 Å². The van der Waals surface area contributed by atoms with Gasteiger partial charge in [-0.1, -0.05) is 32.6 Å². The van der Waals surface area contributed by atoms with Gasteiger partial charge in [-0.05, 0) is 20.3 Å². The molecule has 0 unspecified atom stereocenters. The summed E-state index contributed by atoms with van der Waals surface area (Å²) < 4.78 is 11.5. The van der Waals surface area contributed by atoms with E-state index in [9.17, 15) is 10.5 Å². The highest BCUT2D eigenvalue weighted by molar-refractivity contribution is 5.98. The van der Waals surface area contributed by atoms with Crippen LogP contribution in [-0.2, 0) is 9.47 Å². The SMILES string of the molecule is CCCCCC[C@H]1[C@]2(C#N)C(N)=NC(OCC)(OCC)[C@]12C#N. The van der Waals surface area contributed by atoms with Crippen LogP contribution in [-0.4, -0.2) is 25.0 Å². The van der Waals surface area contributed by atoms with Crippen molar-refractivity contribution in [3.05, 3.63) is 0 Å². The molecule has 23 heavy (non-hydrogen) atoms. The highest BCUT2D eigenvalue weighted by Crippen LogP contribution is 2.79. The first-order valence-electron chi connectivity index (χ1n) is 8.53. The monoisotopic (exact) mass is 318 g/mol. The zero-order valence-corrected chi connectivity index (χ0v) is 14.3. The van der Waals surface area contributed by atoms with Gasteiger partial charge in [-0.3, -0.25) is 0 Å². The topological polar surface area (TPSA) is 104 Å². The Hall–Kier alpha value is -1.63. The van der Waals surface area contributed by atoms with Crippen LogP contribution in [0.25, 0.3) is 0 Å². The highest BCUT2D eigenvalue weighted by atomic mass is 16.7. The van der Waals surface area contributed by atoms with E-state index < -0.39 is 16.7 Å². The Bertz CT molecular complexity index is 556. The van der Waals surface area contributed by atoms with Crippen LogP contribution in [0.2, 0.25) is 0 Å². The number of rotatable bonds is 9. The molecule has 6 heteroatoms. The van der Waals surface area contributed by atoms with E-state index >= 15 is 0 Å². The minimum atomic E-state index is -1.44. The lowest BCUT2D eigenvalue weighted by molar-refractivity contribution is -0.257. The molecule has 1 fully saturated rings. The van der Waals surface area contributed by atoms with Crippen LogP contribution in [0.4, 0.5) is 0 Å². The summed E-state index contributed by atoms with van der Waals surface area (Å²) in [5.41, 5.74) is 3.90. The summed E-state index contributed by atoms with van der Waals surface area (Å²) in [7, 11) is 0. The second kappa shape index (κ2) is 6.47. The van der Waals surface area contributed by atoms with Crippen molar-refractivity contribution in [1.29, 1.82) is 10.5 Å². The summed E-state index contributed by atoms with van der Waals surface area (Å²) in [6.07, 6.45) is 5.11. The summed E-state index contributed by atoms with van der Waals surface area (Å²) >= 11 is 0. The number of nitrogens with zero attached hydrogens (tertiary/aromatic N) is 3. The number of ether oxygens (including phenoxy) is 2. The van der Waals surface area contributed by atoms with Crippen molar-refractivity contribution in [2.24, 2.45) is 27.5 Å². The van der Waals surface area contributed by atoms with Crippen LogP contribution in [0.15, 0.2) is 4.99 Å². The predicted octanol–water partition coefficient (Wildman–Crippen LogP) is 2.70.